The molecule has 1 aromatic heterocycles. The van der Waals surface area contributed by atoms with Gasteiger partial charge in [-0.25, -0.2) is 9.97 Å². The number of nitrogens with zero attached hydrogens (tertiary/aromatic N) is 3. The smallest absolute Gasteiger partial charge is 0.262 e. The number of aromatic nitrogens is 2. The lowest BCUT2D eigenvalue weighted by Gasteiger charge is -2.24. The Kier molecular flexibility index (Phi) is 6.86. The monoisotopic (exact) mass is 495 g/mol. The van der Waals surface area contributed by atoms with Crippen LogP contribution in [0.25, 0.3) is 11.3 Å². The number of carbonyl (C=O) groups excluding carboxylic acids is 1. The van der Waals surface area contributed by atoms with E-state index >= 15 is 0 Å². The van der Waals surface area contributed by atoms with Gasteiger partial charge in [0.1, 0.15) is 17.2 Å². The number of anilines is 1. The summed E-state index contributed by atoms with van der Waals surface area (Å²) in [5.74, 6) is -0.717. The van der Waals surface area contributed by atoms with Gasteiger partial charge in [0.05, 0.1) is 30.4 Å². The van der Waals surface area contributed by atoms with Crippen LogP contribution in [0.5, 0.6) is 17.2 Å². The maximum atomic E-state index is 13.5. The summed E-state index contributed by atoms with van der Waals surface area (Å²) < 4.78 is 5.33. The number of ether oxygens (including phenoxy) is 1. The molecule has 4 aromatic rings. The molecule has 172 valence electrons. The number of carbonyl (C=O) groups is 1. The predicted octanol–water partition coefficient (Wildman–Crippen LogP) is 5.72. The Morgan fingerprint density at radius 1 is 1.00 bits per heavy atom. The third-order valence-corrected chi connectivity index (χ3v) is 5.61. The molecule has 0 unspecified atom stereocenters. The van der Waals surface area contributed by atoms with Crippen molar-refractivity contribution in [2.75, 3.05) is 12.0 Å². The molecule has 3 aromatic carbocycles. The number of amides is 1. The van der Waals surface area contributed by atoms with Crippen LogP contribution >= 0.6 is 23.2 Å². The van der Waals surface area contributed by atoms with Gasteiger partial charge in [-0.05, 0) is 35.4 Å². The Morgan fingerprint density at radius 2 is 1.71 bits per heavy atom. The highest BCUT2D eigenvalue weighted by Crippen LogP contribution is 2.34. The number of hydrogen-bond acceptors (Lipinski definition) is 6. The Hall–Kier alpha value is -3.81. The van der Waals surface area contributed by atoms with E-state index in [9.17, 15) is 15.0 Å². The fraction of sp³-hybridized carbons (Fsp3) is 0.0800. The summed E-state index contributed by atoms with van der Waals surface area (Å²) in [4.78, 5) is 23.2. The number of benzene rings is 3. The zero-order valence-electron chi connectivity index (χ0n) is 17.9. The van der Waals surface area contributed by atoms with Crippen molar-refractivity contribution in [3.05, 3.63) is 94.4 Å². The molecule has 2 N–H and O–H groups in total. The number of halogens is 2. The lowest BCUT2D eigenvalue weighted by Crippen LogP contribution is -2.30. The number of phenols is 2. The molecule has 34 heavy (non-hydrogen) atoms. The quantitative estimate of drug-likeness (QED) is 0.332. The van der Waals surface area contributed by atoms with Crippen molar-refractivity contribution >= 4 is 34.8 Å². The molecule has 4 rings (SSSR count). The molecule has 0 aliphatic heterocycles. The number of aromatic hydroxyl groups is 2. The van der Waals surface area contributed by atoms with E-state index in [1.54, 1.807) is 24.3 Å². The second-order valence-electron chi connectivity index (χ2n) is 7.30. The third-order valence-electron chi connectivity index (χ3n) is 5.12. The van der Waals surface area contributed by atoms with E-state index in [0.29, 0.717) is 22.7 Å². The fourth-order valence-corrected chi connectivity index (χ4v) is 3.72. The van der Waals surface area contributed by atoms with E-state index in [1.165, 1.54) is 24.3 Å². The van der Waals surface area contributed by atoms with Gasteiger partial charge in [-0.1, -0.05) is 54.1 Å². The average molecular weight is 496 g/mol. The Morgan fingerprint density at radius 3 is 2.38 bits per heavy atom. The summed E-state index contributed by atoms with van der Waals surface area (Å²) in [7, 11) is 1.51. The summed E-state index contributed by atoms with van der Waals surface area (Å²) in [6, 6.07) is 18.8. The molecule has 1 amide bonds. The number of phenolic OH excluding ortho intramolecular Hbond substituents is 2. The zero-order chi connectivity index (χ0) is 24.2. The third kappa shape index (κ3) is 4.90. The standard InChI is InChI=1S/C25H19Cl2N3O4/c1-34-22-13-28-25(27)29-23(22)16-7-9-17(10-8-16)30(14-15-5-3-2-4-6-15)24(33)18-11-19(26)21(32)12-20(18)31/h2-13,31-32H,14H2,1H3. The highest BCUT2D eigenvalue weighted by atomic mass is 35.5. The van der Waals surface area contributed by atoms with E-state index in [4.69, 9.17) is 27.9 Å². The van der Waals surface area contributed by atoms with Crippen molar-refractivity contribution in [1.82, 2.24) is 9.97 Å². The van der Waals surface area contributed by atoms with Gasteiger partial charge >= 0.3 is 0 Å². The predicted molar refractivity (Wildman–Crippen MR) is 131 cm³/mol. The van der Waals surface area contributed by atoms with E-state index in [-0.39, 0.29) is 33.9 Å². The van der Waals surface area contributed by atoms with E-state index in [0.717, 1.165) is 11.6 Å². The molecule has 0 aliphatic rings. The molecular weight excluding hydrogens is 477 g/mol. The maximum absolute atomic E-state index is 13.5. The maximum Gasteiger partial charge on any atom is 0.262 e. The first kappa shape index (κ1) is 23.4. The number of hydrogen-bond donors (Lipinski definition) is 2. The molecule has 0 atom stereocenters. The summed E-state index contributed by atoms with van der Waals surface area (Å²) >= 11 is 12.0. The SMILES string of the molecule is COc1cnc(Cl)nc1-c1ccc(N(Cc2ccccc2)C(=O)c2cc(Cl)c(O)cc2O)cc1. The highest BCUT2D eigenvalue weighted by molar-refractivity contribution is 6.32. The minimum absolute atomic E-state index is 0.0351. The van der Waals surface area contributed by atoms with Crippen LogP contribution in [0.3, 0.4) is 0 Å². The molecular formula is C25H19Cl2N3O4. The van der Waals surface area contributed by atoms with Crippen LogP contribution in [-0.4, -0.2) is 33.2 Å². The largest absolute Gasteiger partial charge is 0.507 e. The molecule has 0 saturated heterocycles. The summed E-state index contributed by atoms with van der Waals surface area (Å²) in [5.41, 5.74) is 2.64. The van der Waals surface area contributed by atoms with Gasteiger partial charge in [-0.15, -0.1) is 0 Å². The van der Waals surface area contributed by atoms with Crippen LogP contribution in [0.1, 0.15) is 15.9 Å². The number of rotatable bonds is 6. The summed E-state index contributed by atoms with van der Waals surface area (Å²) in [6.45, 7) is 0.236. The molecule has 7 nitrogen and oxygen atoms in total. The molecule has 0 fully saturated rings. The molecule has 0 radical (unpaired) electrons. The van der Waals surface area contributed by atoms with Gasteiger partial charge < -0.3 is 19.8 Å². The van der Waals surface area contributed by atoms with Crippen LogP contribution in [0.2, 0.25) is 10.3 Å². The lowest BCUT2D eigenvalue weighted by atomic mass is 10.1. The van der Waals surface area contributed by atoms with Gasteiger partial charge in [0.2, 0.25) is 5.28 Å². The molecule has 1 heterocycles. The van der Waals surface area contributed by atoms with Gasteiger partial charge in [-0.2, -0.15) is 0 Å². The normalized spacial score (nSPS) is 10.7. The minimum Gasteiger partial charge on any atom is -0.507 e. The molecule has 0 spiro atoms. The molecule has 0 saturated carbocycles. The highest BCUT2D eigenvalue weighted by Gasteiger charge is 2.23. The Bertz CT molecular complexity index is 1330. The first-order valence-corrected chi connectivity index (χ1v) is 10.9. The molecule has 0 bridgehead atoms. The fourth-order valence-electron chi connectivity index (χ4n) is 3.42. The van der Waals surface area contributed by atoms with Crippen LogP contribution < -0.4 is 9.64 Å². The molecule has 9 heteroatoms. The van der Waals surface area contributed by atoms with E-state index < -0.39 is 5.91 Å². The van der Waals surface area contributed by atoms with Crippen molar-refractivity contribution in [1.29, 1.82) is 0 Å². The first-order valence-electron chi connectivity index (χ1n) is 10.1. The zero-order valence-corrected chi connectivity index (χ0v) is 19.5. The van der Waals surface area contributed by atoms with E-state index in [1.807, 2.05) is 30.3 Å². The topological polar surface area (TPSA) is 95.8 Å². The summed E-state index contributed by atoms with van der Waals surface area (Å²) in [6.07, 6.45) is 1.49. The van der Waals surface area contributed by atoms with Crippen molar-refractivity contribution in [2.24, 2.45) is 0 Å². The second kappa shape index (κ2) is 9.99. The lowest BCUT2D eigenvalue weighted by molar-refractivity contribution is 0.0982. The van der Waals surface area contributed by atoms with Crippen molar-refractivity contribution in [3.8, 4) is 28.5 Å². The van der Waals surface area contributed by atoms with Gasteiger partial charge in [-0.3, -0.25) is 4.79 Å². The first-order chi connectivity index (χ1) is 16.4. The van der Waals surface area contributed by atoms with Crippen molar-refractivity contribution in [3.63, 3.8) is 0 Å². The van der Waals surface area contributed by atoms with E-state index in [2.05, 4.69) is 9.97 Å². The van der Waals surface area contributed by atoms with Gasteiger partial charge in [0.15, 0.2) is 5.75 Å². The second-order valence-corrected chi connectivity index (χ2v) is 8.05. The van der Waals surface area contributed by atoms with Gasteiger partial charge in [0, 0.05) is 17.3 Å². The van der Waals surface area contributed by atoms with Crippen molar-refractivity contribution in [2.45, 2.75) is 6.54 Å². The Labute approximate surface area is 205 Å². The summed E-state index contributed by atoms with van der Waals surface area (Å²) in [5, 5.41) is 20.1. The van der Waals surface area contributed by atoms with Crippen LogP contribution in [0.15, 0.2) is 72.9 Å². The van der Waals surface area contributed by atoms with Crippen LogP contribution in [-0.2, 0) is 6.54 Å². The molecule has 0 aliphatic carbocycles. The Balaban J connectivity index is 1.75. The number of methoxy groups -OCH3 is 1. The average Bonchev–Trinajstić information content (AvgIpc) is 2.85. The van der Waals surface area contributed by atoms with Crippen LogP contribution in [0.4, 0.5) is 5.69 Å². The van der Waals surface area contributed by atoms with Crippen LogP contribution in [0, 0.1) is 0 Å². The van der Waals surface area contributed by atoms with Gasteiger partial charge in [0.25, 0.3) is 5.91 Å². The van der Waals surface area contributed by atoms with Crippen molar-refractivity contribution < 1.29 is 19.7 Å². The minimum atomic E-state index is -0.487.